The molecule has 3 heterocycles. The lowest BCUT2D eigenvalue weighted by molar-refractivity contribution is -0.188. The molecule has 128 valence electrons. The zero-order valence-corrected chi connectivity index (χ0v) is 14.5. The summed E-state index contributed by atoms with van der Waals surface area (Å²) in [7, 11) is 0. The van der Waals surface area contributed by atoms with Gasteiger partial charge in [-0.1, -0.05) is 19.0 Å². The lowest BCUT2D eigenvalue weighted by Gasteiger charge is -2.26. The Labute approximate surface area is 137 Å². The van der Waals surface area contributed by atoms with E-state index in [1.807, 2.05) is 44.5 Å². The van der Waals surface area contributed by atoms with Gasteiger partial charge in [-0.2, -0.15) is 0 Å². The van der Waals surface area contributed by atoms with Crippen LogP contribution < -0.4 is 0 Å². The number of imidazole rings is 1. The van der Waals surface area contributed by atoms with Gasteiger partial charge in [0.2, 0.25) is 0 Å². The first-order chi connectivity index (χ1) is 11.2. The monoisotopic (exact) mass is 321 g/mol. The van der Waals surface area contributed by atoms with E-state index in [2.05, 4.69) is 10.1 Å². The maximum Gasteiger partial charge on any atom is 0.158 e. The molecule has 1 unspecified atom stereocenters. The van der Waals surface area contributed by atoms with Crippen molar-refractivity contribution in [2.75, 3.05) is 6.61 Å². The summed E-state index contributed by atoms with van der Waals surface area (Å²) >= 11 is 0. The number of nitrogens with zero attached hydrogens (tertiary/aromatic N) is 3. The van der Waals surface area contributed by atoms with Crippen LogP contribution in [0.4, 0.5) is 0 Å². The van der Waals surface area contributed by atoms with Crippen molar-refractivity contribution in [3.63, 3.8) is 0 Å². The number of hydrogen-bond donors (Lipinski definition) is 0. The van der Waals surface area contributed by atoms with Crippen molar-refractivity contribution in [3.8, 4) is 0 Å². The highest BCUT2D eigenvalue weighted by Crippen LogP contribution is 2.23. The maximum atomic E-state index is 5.97. The van der Waals surface area contributed by atoms with Crippen molar-refractivity contribution in [1.82, 2.24) is 14.7 Å². The lowest BCUT2D eigenvalue weighted by Crippen LogP contribution is -2.24. The second-order valence-electron chi connectivity index (χ2n) is 5.42. The summed E-state index contributed by atoms with van der Waals surface area (Å²) in [5.74, 6) is 1.69. The molecule has 0 aromatic carbocycles. The number of ether oxygens (including phenoxy) is 2. The molecule has 0 bridgehead atoms. The summed E-state index contributed by atoms with van der Waals surface area (Å²) in [6, 6.07) is 1.93. The van der Waals surface area contributed by atoms with E-state index in [4.69, 9.17) is 14.0 Å². The van der Waals surface area contributed by atoms with Gasteiger partial charge in [0.15, 0.2) is 6.29 Å². The number of aryl methyl sites for hydroxylation is 1. The van der Waals surface area contributed by atoms with Gasteiger partial charge >= 0.3 is 0 Å². The van der Waals surface area contributed by atoms with E-state index in [0.29, 0.717) is 6.54 Å². The van der Waals surface area contributed by atoms with E-state index in [9.17, 15) is 0 Å². The first kappa shape index (κ1) is 17.7. The number of aromatic nitrogens is 3. The Morgan fingerprint density at radius 1 is 1.39 bits per heavy atom. The molecule has 0 N–H and O–H groups in total. The predicted molar refractivity (Wildman–Crippen MR) is 87.0 cm³/mol. The molecule has 0 saturated carbocycles. The molecule has 6 nitrogen and oxygen atoms in total. The molecule has 23 heavy (non-hydrogen) atoms. The van der Waals surface area contributed by atoms with Crippen LogP contribution in [0.25, 0.3) is 0 Å². The van der Waals surface area contributed by atoms with Crippen LogP contribution in [0.15, 0.2) is 23.0 Å². The van der Waals surface area contributed by atoms with E-state index < -0.39 is 0 Å². The molecule has 2 aromatic heterocycles. The zero-order valence-electron chi connectivity index (χ0n) is 14.5. The Morgan fingerprint density at radius 3 is 2.87 bits per heavy atom. The Bertz CT molecular complexity index is 573. The molecule has 1 fully saturated rings. The third kappa shape index (κ3) is 4.91. The lowest BCUT2D eigenvalue weighted by atomic mass is 10.2. The van der Waals surface area contributed by atoms with Crippen molar-refractivity contribution >= 4 is 0 Å². The summed E-state index contributed by atoms with van der Waals surface area (Å²) < 4.78 is 18.7. The van der Waals surface area contributed by atoms with Crippen LogP contribution in [0.3, 0.4) is 0 Å². The summed E-state index contributed by atoms with van der Waals surface area (Å²) in [5, 5.41) is 4.02. The Hall–Kier alpha value is -1.66. The molecule has 1 aliphatic heterocycles. The molecule has 0 aliphatic carbocycles. The largest absolute Gasteiger partial charge is 0.361 e. The molecule has 6 heteroatoms. The summed E-state index contributed by atoms with van der Waals surface area (Å²) in [5.41, 5.74) is 0.882. The highest BCUT2D eigenvalue weighted by Gasteiger charge is 2.21. The van der Waals surface area contributed by atoms with Crippen molar-refractivity contribution in [3.05, 3.63) is 35.7 Å². The van der Waals surface area contributed by atoms with Gasteiger partial charge in [-0.15, -0.1) is 0 Å². The second-order valence-corrected chi connectivity index (χ2v) is 5.42. The fraction of sp³-hybridized carbons (Fsp3) is 0.647. The van der Waals surface area contributed by atoms with E-state index in [1.54, 1.807) is 6.20 Å². The minimum absolute atomic E-state index is 0.115. The smallest absolute Gasteiger partial charge is 0.158 e. The zero-order chi connectivity index (χ0) is 16.7. The van der Waals surface area contributed by atoms with E-state index in [-0.39, 0.29) is 12.4 Å². The predicted octanol–water partition coefficient (Wildman–Crippen LogP) is 3.86. The Kier molecular flexibility index (Phi) is 6.80. The first-order valence-corrected chi connectivity index (χ1v) is 8.42. The van der Waals surface area contributed by atoms with Gasteiger partial charge in [0, 0.05) is 25.1 Å². The normalized spacial score (nSPS) is 19.0. The molecular weight excluding hydrogens is 294 g/mol. The third-order valence-corrected chi connectivity index (χ3v) is 3.61. The van der Waals surface area contributed by atoms with Crippen LogP contribution in [0.2, 0.25) is 0 Å². The van der Waals surface area contributed by atoms with E-state index in [1.165, 1.54) is 0 Å². The topological polar surface area (TPSA) is 62.3 Å². The number of hydrogen-bond acceptors (Lipinski definition) is 5. The van der Waals surface area contributed by atoms with Gasteiger partial charge in [0.05, 0.1) is 6.54 Å². The summed E-state index contributed by atoms with van der Waals surface area (Å²) in [4.78, 5) is 4.41. The summed E-state index contributed by atoms with van der Waals surface area (Å²) in [6.45, 7) is 9.30. The van der Waals surface area contributed by atoms with Crippen molar-refractivity contribution in [2.24, 2.45) is 0 Å². The minimum atomic E-state index is -0.117. The van der Waals surface area contributed by atoms with Crippen LogP contribution in [0.1, 0.15) is 63.4 Å². The fourth-order valence-electron chi connectivity index (χ4n) is 2.59. The van der Waals surface area contributed by atoms with Crippen LogP contribution in [-0.4, -0.2) is 27.6 Å². The molecule has 2 aromatic rings. The molecule has 1 saturated heterocycles. The molecular formula is C17H27N3O3. The van der Waals surface area contributed by atoms with Gasteiger partial charge < -0.3 is 18.6 Å². The second kappa shape index (κ2) is 8.84. The molecule has 1 aliphatic rings. The van der Waals surface area contributed by atoms with Crippen molar-refractivity contribution in [2.45, 2.75) is 65.9 Å². The van der Waals surface area contributed by atoms with Gasteiger partial charge in [0.25, 0.3) is 0 Å². The third-order valence-electron chi connectivity index (χ3n) is 3.61. The number of rotatable bonds is 5. The molecule has 0 amide bonds. The molecule has 2 atom stereocenters. The van der Waals surface area contributed by atoms with Gasteiger partial charge in [0.1, 0.15) is 23.4 Å². The molecule has 0 radical (unpaired) electrons. The van der Waals surface area contributed by atoms with Gasteiger partial charge in [-0.3, -0.25) is 0 Å². The molecule has 0 spiro atoms. The highest BCUT2D eigenvalue weighted by molar-refractivity contribution is 5.07. The van der Waals surface area contributed by atoms with E-state index in [0.717, 1.165) is 43.1 Å². The van der Waals surface area contributed by atoms with E-state index >= 15 is 0 Å². The first-order valence-electron chi connectivity index (χ1n) is 8.42. The SMILES string of the molecule is CC.Cc1cc(Cn2ccnc2[C@H](C)OC2CCCCO2)no1. The van der Waals surface area contributed by atoms with Crippen molar-refractivity contribution in [1.29, 1.82) is 0 Å². The van der Waals surface area contributed by atoms with Crippen LogP contribution >= 0.6 is 0 Å². The average molecular weight is 321 g/mol. The van der Waals surface area contributed by atoms with Crippen LogP contribution in [0, 0.1) is 6.92 Å². The Balaban J connectivity index is 0.000000924. The average Bonchev–Trinajstić information content (AvgIpc) is 3.20. The van der Waals surface area contributed by atoms with Crippen LogP contribution in [-0.2, 0) is 16.0 Å². The van der Waals surface area contributed by atoms with Crippen molar-refractivity contribution < 1.29 is 14.0 Å². The fourth-order valence-corrected chi connectivity index (χ4v) is 2.59. The van der Waals surface area contributed by atoms with Gasteiger partial charge in [-0.25, -0.2) is 4.98 Å². The minimum Gasteiger partial charge on any atom is -0.361 e. The standard InChI is InChI=1S/C15H21N3O3.C2H6/c1-11-9-13(17-21-11)10-18-7-6-16-15(18)12(2)20-14-5-3-4-8-19-14;1-2/h6-7,9,12,14H,3-5,8,10H2,1-2H3;1-2H3/t12-,14?;/m0./s1. The van der Waals surface area contributed by atoms with Crippen LogP contribution in [0.5, 0.6) is 0 Å². The summed E-state index contributed by atoms with van der Waals surface area (Å²) in [6.07, 6.45) is 6.71. The Morgan fingerprint density at radius 2 is 2.22 bits per heavy atom. The van der Waals surface area contributed by atoms with Gasteiger partial charge in [-0.05, 0) is 33.1 Å². The molecule has 3 rings (SSSR count). The highest BCUT2D eigenvalue weighted by atomic mass is 16.7. The maximum absolute atomic E-state index is 5.97. The quantitative estimate of drug-likeness (QED) is 0.837.